The smallest absolute Gasteiger partial charge is 0.311 e. The quantitative estimate of drug-likeness (QED) is 0.374. The first-order valence-corrected chi connectivity index (χ1v) is 13.5. The Kier molecular flexibility index (Phi) is 9.19. The van der Waals surface area contributed by atoms with Crippen molar-refractivity contribution < 1.29 is 18.7 Å². The van der Waals surface area contributed by atoms with Crippen molar-refractivity contribution in [3.05, 3.63) is 69.5 Å². The summed E-state index contributed by atoms with van der Waals surface area (Å²) in [5, 5.41) is 3.73. The van der Waals surface area contributed by atoms with E-state index in [0.717, 1.165) is 0 Å². The van der Waals surface area contributed by atoms with Crippen molar-refractivity contribution >= 4 is 35.1 Å². The minimum atomic E-state index is -1.49. The van der Waals surface area contributed by atoms with Gasteiger partial charge in [0.25, 0.3) is 0 Å². The molecule has 5 N–H and O–H groups in total. The zero-order valence-corrected chi connectivity index (χ0v) is 24.1. The molecule has 2 aromatic carbocycles. The maximum Gasteiger partial charge on any atom is 0.311 e. The van der Waals surface area contributed by atoms with E-state index in [1.807, 2.05) is 27.7 Å². The standard InChI is InChI=1S/C29H38Cl2FN3O3/c1-27(2,3)29(34,20-16-17(30)10-11-22(20)32)23(19-8-6-7-9-21(19)31)24(33)25(36)35-18-12-14-28(4,15-13-18)26(37)38-5/h6-11,16,18,23-24H,12-15,33-34H2,1-5H3,(H,35,36)/t18?,23-,24+,28?,29?/m0/s1. The zero-order chi connectivity index (χ0) is 28.5. The van der Waals surface area contributed by atoms with Crippen molar-refractivity contribution in [3.8, 4) is 0 Å². The monoisotopic (exact) mass is 565 g/mol. The highest BCUT2D eigenvalue weighted by molar-refractivity contribution is 6.31. The van der Waals surface area contributed by atoms with E-state index in [1.54, 1.807) is 24.3 Å². The molecule has 1 unspecified atom stereocenters. The molecule has 9 heteroatoms. The van der Waals surface area contributed by atoms with Gasteiger partial charge in [0, 0.05) is 27.6 Å². The van der Waals surface area contributed by atoms with Crippen LogP contribution in [0.5, 0.6) is 0 Å². The lowest BCUT2D eigenvalue weighted by Crippen LogP contribution is -2.61. The van der Waals surface area contributed by atoms with Crippen LogP contribution in [0.2, 0.25) is 10.0 Å². The van der Waals surface area contributed by atoms with Crippen LogP contribution in [0, 0.1) is 16.6 Å². The average molecular weight is 567 g/mol. The molecule has 1 aliphatic carbocycles. The Morgan fingerprint density at radius 2 is 1.74 bits per heavy atom. The van der Waals surface area contributed by atoms with Crippen molar-refractivity contribution in [2.24, 2.45) is 22.3 Å². The number of rotatable bonds is 7. The molecule has 0 saturated heterocycles. The number of carbonyl (C=O) groups excluding carboxylic acids is 2. The zero-order valence-electron chi connectivity index (χ0n) is 22.6. The van der Waals surface area contributed by atoms with Crippen LogP contribution in [0.25, 0.3) is 0 Å². The second kappa shape index (κ2) is 11.5. The molecule has 0 bridgehead atoms. The molecule has 3 atom stereocenters. The average Bonchev–Trinajstić information content (AvgIpc) is 2.86. The SMILES string of the molecule is COC(=O)C1(C)CCC(NC(=O)[C@H](N)[C@H](c2ccccc2Cl)C(N)(c2cc(Cl)ccc2F)C(C)(C)C)CC1. The summed E-state index contributed by atoms with van der Waals surface area (Å²) in [4.78, 5) is 25.9. The van der Waals surface area contributed by atoms with Gasteiger partial charge in [-0.15, -0.1) is 0 Å². The third-order valence-electron chi connectivity index (χ3n) is 8.12. The summed E-state index contributed by atoms with van der Waals surface area (Å²) in [6.45, 7) is 7.49. The lowest BCUT2D eigenvalue weighted by molar-refractivity contribution is -0.153. The molecule has 2 aromatic rings. The van der Waals surface area contributed by atoms with Crippen LogP contribution in [-0.4, -0.2) is 31.1 Å². The van der Waals surface area contributed by atoms with Gasteiger partial charge >= 0.3 is 5.97 Å². The van der Waals surface area contributed by atoms with E-state index in [1.165, 1.54) is 25.3 Å². The number of hydrogen-bond donors (Lipinski definition) is 3. The van der Waals surface area contributed by atoms with Crippen LogP contribution in [0.15, 0.2) is 42.5 Å². The third kappa shape index (κ3) is 5.86. The molecule has 208 valence electrons. The molecule has 0 radical (unpaired) electrons. The highest BCUT2D eigenvalue weighted by atomic mass is 35.5. The summed E-state index contributed by atoms with van der Waals surface area (Å²) in [6.07, 6.45) is 2.34. The molecular formula is C29H38Cl2FN3O3. The first-order valence-electron chi connectivity index (χ1n) is 12.8. The van der Waals surface area contributed by atoms with E-state index in [9.17, 15) is 9.59 Å². The summed E-state index contributed by atoms with van der Waals surface area (Å²) in [5.74, 6) is -2.14. The fourth-order valence-electron chi connectivity index (χ4n) is 5.60. The fourth-order valence-corrected chi connectivity index (χ4v) is 6.03. The molecule has 6 nitrogen and oxygen atoms in total. The number of benzene rings is 2. The molecule has 0 aliphatic heterocycles. The van der Waals surface area contributed by atoms with E-state index in [0.29, 0.717) is 41.3 Å². The molecule has 1 aliphatic rings. The van der Waals surface area contributed by atoms with Gasteiger partial charge in [-0.25, -0.2) is 4.39 Å². The van der Waals surface area contributed by atoms with Gasteiger partial charge in [0.15, 0.2) is 0 Å². The molecule has 1 fully saturated rings. The highest BCUT2D eigenvalue weighted by Crippen LogP contribution is 2.51. The molecule has 1 saturated carbocycles. The number of hydrogen-bond acceptors (Lipinski definition) is 5. The number of nitrogens with two attached hydrogens (primary N) is 2. The predicted molar refractivity (Wildman–Crippen MR) is 149 cm³/mol. The van der Waals surface area contributed by atoms with Gasteiger partial charge in [0.1, 0.15) is 5.82 Å². The van der Waals surface area contributed by atoms with Gasteiger partial charge in [-0.1, -0.05) is 62.2 Å². The molecule has 0 spiro atoms. The van der Waals surface area contributed by atoms with Crippen LogP contribution < -0.4 is 16.8 Å². The van der Waals surface area contributed by atoms with Gasteiger partial charge < -0.3 is 21.5 Å². The van der Waals surface area contributed by atoms with E-state index >= 15 is 4.39 Å². The Morgan fingerprint density at radius 1 is 1.13 bits per heavy atom. The number of nitrogens with one attached hydrogen (secondary N) is 1. The summed E-state index contributed by atoms with van der Waals surface area (Å²) in [6, 6.07) is 9.86. The fraction of sp³-hybridized carbons (Fsp3) is 0.517. The van der Waals surface area contributed by atoms with E-state index in [2.05, 4.69) is 5.32 Å². The van der Waals surface area contributed by atoms with Gasteiger partial charge in [-0.05, 0) is 67.9 Å². The molecule has 3 rings (SSSR count). The van der Waals surface area contributed by atoms with E-state index in [4.69, 9.17) is 39.4 Å². The largest absolute Gasteiger partial charge is 0.469 e. The highest BCUT2D eigenvalue weighted by Gasteiger charge is 2.53. The molecular weight excluding hydrogens is 528 g/mol. The van der Waals surface area contributed by atoms with Crippen LogP contribution >= 0.6 is 23.2 Å². The molecule has 1 amide bonds. The minimum absolute atomic E-state index is 0.150. The number of methoxy groups -OCH3 is 1. The van der Waals surface area contributed by atoms with Crippen LogP contribution in [-0.2, 0) is 19.9 Å². The summed E-state index contributed by atoms with van der Waals surface area (Å²) in [5.41, 5.74) is 11.8. The number of amides is 1. The Bertz CT molecular complexity index is 1180. The van der Waals surface area contributed by atoms with Crippen molar-refractivity contribution in [1.29, 1.82) is 0 Å². The second-order valence-corrected chi connectivity index (χ2v) is 12.4. The van der Waals surface area contributed by atoms with Crippen molar-refractivity contribution in [1.82, 2.24) is 5.32 Å². The lowest BCUT2D eigenvalue weighted by atomic mass is 9.59. The first-order chi connectivity index (χ1) is 17.7. The van der Waals surface area contributed by atoms with Crippen molar-refractivity contribution in [3.63, 3.8) is 0 Å². The normalized spacial score (nSPS) is 23.2. The summed E-state index contributed by atoms with van der Waals surface area (Å²) >= 11 is 12.9. The topological polar surface area (TPSA) is 107 Å². The Hall–Kier alpha value is -2.19. The van der Waals surface area contributed by atoms with Crippen LogP contribution in [0.3, 0.4) is 0 Å². The third-order valence-corrected chi connectivity index (χ3v) is 8.70. The lowest BCUT2D eigenvalue weighted by Gasteiger charge is -2.50. The van der Waals surface area contributed by atoms with Crippen LogP contribution in [0.4, 0.5) is 4.39 Å². The summed E-state index contributed by atoms with van der Waals surface area (Å²) in [7, 11) is 1.38. The second-order valence-electron chi connectivity index (χ2n) is 11.6. The molecule has 0 heterocycles. The van der Waals surface area contributed by atoms with Gasteiger partial charge in [0.05, 0.1) is 24.1 Å². The number of carbonyl (C=O) groups is 2. The van der Waals surface area contributed by atoms with Gasteiger partial charge in [-0.2, -0.15) is 0 Å². The van der Waals surface area contributed by atoms with Gasteiger partial charge in [0.2, 0.25) is 5.91 Å². The Balaban J connectivity index is 2.03. The predicted octanol–water partition coefficient (Wildman–Crippen LogP) is 5.68. The first kappa shape index (κ1) is 30.4. The van der Waals surface area contributed by atoms with Crippen molar-refractivity contribution in [2.75, 3.05) is 7.11 Å². The van der Waals surface area contributed by atoms with Crippen molar-refractivity contribution in [2.45, 2.75) is 76.9 Å². The van der Waals surface area contributed by atoms with Gasteiger partial charge in [-0.3, -0.25) is 9.59 Å². The Labute approximate surface area is 234 Å². The minimum Gasteiger partial charge on any atom is -0.469 e. The maximum atomic E-state index is 15.4. The number of halogens is 3. The summed E-state index contributed by atoms with van der Waals surface area (Å²) < 4.78 is 20.4. The van der Waals surface area contributed by atoms with E-state index < -0.39 is 40.1 Å². The Morgan fingerprint density at radius 3 is 2.29 bits per heavy atom. The maximum absolute atomic E-state index is 15.4. The number of esters is 1. The molecule has 0 aromatic heterocycles. The number of ether oxygens (including phenoxy) is 1. The molecule has 38 heavy (non-hydrogen) atoms. The van der Waals surface area contributed by atoms with E-state index in [-0.39, 0.29) is 17.6 Å². The van der Waals surface area contributed by atoms with Crippen LogP contribution in [0.1, 0.15) is 70.4 Å².